The number of halogens is 1. The lowest BCUT2D eigenvalue weighted by Gasteiger charge is -2.08. The molecule has 0 atom stereocenters. The molecule has 0 fully saturated rings. The summed E-state index contributed by atoms with van der Waals surface area (Å²) in [6.45, 7) is 0. The summed E-state index contributed by atoms with van der Waals surface area (Å²) in [7, 11) is -2.51. The van der Waals surface area contributed by atoms with Gasteiger partial charge in [0, 0.05) is 0 Å². The molecule has 0 radical (unpaired) electrons. The van der Waals surface area contributed by atoms with Crippen molar-refractivity contribution in [3.05, 3.63) is 71.6 Å². The molecule has 2 rings (SSSR count). The van der Waals surface area contributed by atoms with Gasteiger partial charge in [-0.25, -0.2) is 17.6 Å². The molecule has 0 N–H and O–H groups in total. The van der Waals surface area contributed by atoms with Crippen molar-refractivity contribution in [3.8, 4) is 0 Å². The molecule has 2 aromatic rings. The van der Waals surface area contributed by atoms with E-state index >= 15 is 0 Å². The van der Waals surface area contributed by atoms with Crippen molar-refractivity contribution in [2.45, 2.75) is 4.90 Å². The average molecular weight is 334 g/mol. The predicted octanol–water partition coefficient (Wildman–Crippen LogP) is 2.86. The monoisotopic (exact) mass is 334 g/mol. The molecule has 0 saturated carbocycles. The average Bonchev–Trinajstić information content (AvgIpc) is 2.56. The maximum atomic E-state index is 12.9. The van der Waals surface area contributed by atoms with Gasteiger partial charge in [0.25, 0.3) is 0 Å². The Morgan fingerprint density at radius 1 is 1.09 bits per heavy atom. The van der Waals surface area contributed by atoms with E-state index in [1.54, 1.807) is 18.2 Å². The van der Waals surface area contributed by atoms with Crippen LogP contribution in [0.25, 0.3) is 6.08 Å². The van der Waals surface area contributed by atoms with Crippen molar-refractivity contribution in [2.75, 3.05) is 12.9 Å². The van der Waals surface area contributed by atoms with Crippen molar-refractivity contribution < 1.29 is 22.3 Å². The quantitative estimate of drug-likeness (QED) is 0.623. The topological polar surface area (TPSA) is 60.4 Å². The van der Waals surface area contributed by atoms with Gasteiger partial charge in [0.1, 0.15) is 5.82 Å². The van der Waals surface area contributed by atoms with Gasteiger partial charge < -0.3 is 4.74 Å². The number of hydrogen-bond donors (Lipinski definition) is 0. The number of benzene rings is 2. The Balaban J connectivity index is 2.37. The van der Waals surface area contributed by atoms with E-state index in [-0.39, 0.29) is 10.5 Å². The molecule has 23 heavy (non-hydrogen) atoms. The molecular weight excluding hydrogens is 319 g/mol. The van der Waals surface area contributed by atoms with E-state index in [2.05, 4.69) is 4.74 Å². The number of carbonyl (C=O) groups excluding carboxylic acids is 1. The number of sulfone groups is 1. The van der Waals surface area contributed by atoms with Crippen LogP contribution in [0.4, 0.5) is 4.39 Å². The van der Waals surface area contributed by atoms with Gasteiger partial charge in [-0.1, -0.05) is 30.3 Å². The van der Waals surface area contributed by atoms with Gasteiger partial charge >= 0.3 is 5.97 Å². The van der Waals surface area contributed by atoms with E-state index in [1.165, 1.54) is 49.6 Å². The number of carbonyl (C=O) groups is 1. The van der Waals surface area contributed by atoms with Gasteiger partial charge in [0.15, 0.2) is 9.84 Å². The lowest BCUT2D eigenvalue weighted by molar-refractivity contribution is -0.135. The number of esters is 1. The minimum Gasteiger partial charge on any atom is -0.466 e. The molecule has 0 spiro atoms. The second-order valence-corrected chi connectivity index (χ2v) is 6.77. The van der Waals surface area contributed by atoms with Gasteiger partial charge in [0.05, 0.1) is 23.3 Å². The normalized spacial score (nSPS) is 12.0. The van der Waals surface area contributed by atoms with Crippen LogP contribution in [-0.2, 0) is 19.4 Å². The van der Waals surface area contributed by atoms with Crippen molar-refractivity contribution in [2.24, 2.45) is 0 Å². The van der Waals surface area contributed by atoms with Gasteiger partial charge in [0.2, 0.25) is 0 Å². The summed E-state index contributed by atoms with van der Waals surface area (Å²) in [5.41, 5.74) is 0.484. The highest BCUT2D eigenvalue weighted by molar-refractivity contribution is 7.91. The lowest BCUT2D eigenvalue weighted by atomic mass is 10.1. The number of methoxy groups -OCH3 is 1. The summed E-state index contributed by atoms with van der Waals surface area (Å²) in [4.78, 5) is 12.0. The summed E-state index contributed by atoms with van der Waals surface area (Å²) < 4.78 is 42.4. The third-order valence-corrected chi connectivity index (χ3v) is 4.79. The SMILES string of the molecule is COC(=O)/C(=C/c1ccc(F)cc1)CS(=O)(=O)c1ccccc1. The van der Waals surface area contributed by atoms with Crippen LogP contribution < -0.4 is 0 Å². The first-order valence-corrected chi connectivity index (χ1v) is 8.40. The van der Waals surface area contributed by atoms with Gasteiger partial charge in [-0.15, -0.1) is 0 Å². The highest BCUT2D eigenvalue weighted by Crippen LogP contribution is 2.17. The van der Waals surface area contributed by atoms with Crippen molar-refractivity contribution in [3.63, 3.8) is 0 Å². The zero-order chi connectivity index (χ0) is 16.9. The van der Waals surface area contributed by atoms with E-state index in [0.717, 1.165) is 0 Å². The first-order valence-electron chi connectivity index (χ1n) is 6.74. The molecule has 2 aromatic carbocycles. The van der Waals surface area contributed by atoms with Crippen LogP contribution in [0.5, 0.6) is 0 Å². The Kier molecular flexibility index (Phi) is 5.28. The molecule has 0 heterocycles. The van der Waals surface area contributed by atoms with Crippen molar-refractivity contribution >= 4 is 21.9 Å². The van der Waals surface area contributed by atoms with Gasteiger partial charge in [-0.2, -0.15) is 0 Å². The Morgan fingerprint density at radius 3 is 2.26 bits per heavy atom. The second kappa shape index (κ2) is 7.19. The summed E-state index contributed by atoms with van der Waals surface area (Å²) in [6, 6.07) is 13.2. The molecule has 0 aromatic heterocycles. The second-order valence-electron chi connectivity index (χ2n) is 4.78. The van der Waals surface area contributed by atoms with Crippen molar-refractivity contribution in [1.29, 1.82) is 0 Å². The molecule has 120 valence electrons. The van der Waals surface area contributed by atoms with Crippen LogP contribution in [0.2, 0.25) is 0 Å². The molecule has 0 unspecified atom stereocenters. The summed E-state index contributed by atoms with van der Waals surface area (Å²) >= 11 is 0. The van der Waals surface area contributed by atoms with Crippen LogP contribution in [-0.4, -0.2) is 27.2 Å². The summed E-state index contributed by atoms with van der Waals surface area (Å²) in [5.74, 6) is -1.66. The van der Waals surface area contributed by atoms with Gasteiger partial charge in [-0.3, -0.25) is 0 Å². The molecule has 0 saturated heterocycles. The Bertz CT molecular complexity index is 809. The lowest BCUT2D eigenvalue weighted by Crippen LogP contribution is -2.16. The van der Waals surface area contributed by atoms with E-state index in [9.17, 15) is 17.6 Å². The number of rotatable bonds is 5. The van der Waals surface area contributed by atoms with Crippen LogP contribution >= 0.6 is 0 Å². The van der Waals surface area contributed by atoms with E-state index in [0.29, 0.717) is 5.56 Å². The molecule has 0 aliphatic rings. The molecule has 4 nitrogen and oxygen atoms in total. The fourth-order valence-electron chi connectivity index (χ4n) is 1.97. The third-order valence-electron chi connectivity index (χ3n) is 3.11. The van der Waals surface area contributed by atoms with Crippen LogP contribution in [0.1, 0.15) is 5.56 Å². The molecule has 0 aliphatic heterocycles. The highest BCUT2D eigenvalue weighted by atomic mass is 32.2. The maximum Gasteiger partial charge on any atom is 0.334 e. The van der Waals surface area contributed by atoms with Crippen LogP contribution in [0.3, 0.4) is 0 Å². The number of hydrogen-bond acceptors (Lipinski definition) is 4. The fourth-order valence-corrected chi connectivity index (χ4v) is 3.32. The standard InChI is InChI=1S/C17H15FO4S/c1-22-17(19)14(11-13-7-9-15(18)10-8-13)12-23(20,21)16-5-3-2-4-6-16/h2-11H,12H2,1H3/b14-11+. The zero-order valence-electron chi connectivity index (χ0n) is 12.4. The summed E-state index contributed by atoms with van der Waals surface area (Å²) in [5, 5.41) is 0. The predicted molar refractivity (Wildman–Crippen MR) is 84.9 cm³/mol. The van der Waals surface area contributed by atoms with Crippen molar-refractivity contribution in [1.82, 2.24) is 0 Å². The minimum absolute atomic E-state index is 0.0250. The molecule has 6 heteroatoms. The Hall–Kier alpha value is -2.47. The smallest absolute Gasteiger partial charge is 0.334 e. The Labute approximate surface area is 134 Å². The maximum absolute atomic E-state index is 12.9. The van der Waals surface area contributed by atoms with E-state index in [1.807, 2.05) is 0 Å². The first kappa shape index (κ1) is 16.9. The minimum atomic E-state index is -3.69. The third kappa shape index (κ3) is 4.50. The fraction of sp³-hybridized carbons (Fsp3) is 0.118. The van der Waals surface area contributed by atoms with Crippen LogP contribution in [0, 0.1) is 5.82 Å². The molecular formula is C17H15FO4S. The zero-order valence-corrected chi connectivity index (χ0v) is 13.2. The molecule has 0 aliphatic carbocycles. The molecule has 0 bridgehead atoms. The first-order chi connectivity index (χ1) is 10.9. The van der Waals surface area contributed by atoms with Gasteiger partial charge in [-0.05, 0) is 35.9 Å². The van der Waals surface area contributed by atoms with E-state index in [4.69, 9.17) is 0 Å². The Morgan fingerprint density at radius 2 is 1.70 bits per heavy atom. The highest BCUT2D eigenvalue weighted by Gasteiger charge is 2.21. The van der Waals surface area contributed by atoms with Crippen LogP contribution in [0.15, 0.2) is 65.1 Å². The molecule has 0 amide bonds. The largest absolute Gasteiger partial charge is 0.466 e. The van der Waals surface area contributed by atoms with E-state index < -0.39 is 27.4 Å². The number of ether oxygens (including phenoxy) is 1. The summed E-state index contributed by atoms with van der Waals surface area (Å²) in [6.07, 6.45) is 1.38.